The number of carboxylic acid groups (broad SMARTS) is 1. The third kappa shape index (κ3) is 5.91. The SMILES string of the molecule is CCCN(CCCc1cccc(OC(C)(C)C(=O)O)c1)S(=O)(=O)C1Sc2ccccc2C1C. The third-order valence-electron chi connectivity index (χ3n) is 5.85. The average molecular weight is 492 g/mol. The Morgan fingerprint density at radius 3 is 2.55 bits per heavy atom. The van der Waals surface area contributed by atoms with Crippen molar-refractivity contribution in [3.05, 3.63) is 59.7 Å². The van der Waals surface area contributed by atoms with Gasteiger partial charge >= 0.3 is 5.97 Å². The van der Waals surface area contributed by atoms with E-state index >= 15 is 0 Å². The lowest BCUT2D eigenvalue weighted by Gasteiger charge is -2.27. The first-order chi connectivity index (χ1) is 15.6. The van der Waals surface area contributed by atoms with Crippen LogP contribution in [0.5, 0.6) is 5.75 Å². The van der Waals surface area contributed by atoms with Crippen LogP contribution in [0.4, 0.5) is 0 Å². The van der Waals surface area contributed by atoms with E-state index in [0.29, 0.717) is 31.7 Å². The summed E-state index contributed by atoms with van der Waals surface area (Å²) in [4.78, 5) is 12.4. The predicted octanol–water partition coefficient (Wildman–Crippen LogP) is 5.14. The summed E-state index contributed by atoms with van der Waals surface area (Å²) in [6.07, 6.45) is 2.10. The number of thioether (sulfide) groups is 1. The monoisotopic (exact) mass is 491 g/mol. The minimum Gasteiger partial charge on any atom is -0.478 e. The summed E-state index contributed by atoms with van der Waals surface area (Å²) < 4.78 is 33.9. The number of aryl methyl sites for hydroxylation is 1. The first kappa shape index (κ1) is 25.6. The maximum atomic E-state index is 13.5. The van der Waals surface area contributed by atoms with Crippen molar-refractivity contribution < 1.29 is 23.1 Å². The molecule has 1 aliphatic rings. The van der Waals surface area contributed by atoms with Gasteiger partial charge in [-0.05, 0) is 62.4 Å². The Morgan fingerprint density at radius 2 is 1.88 bits per heavy atom. The minimum absolute atomic E-state index is 0.0537. The molecule has 0 spiro atoms. The first-order valence-corrected chi connectivity index (χ1v) is 13.7. The molecule has 1 heterocycles. The molecule has 0 aliphatic carbocycles. The number of benzene rings is 2. The Bertz CT molecular complexity index is 1080. The van der Waals surface area contributed by atoms with Gasteiger partial charge < -0.3 is 9.84 Å². The molecule has 33 heavy (non-hydrogen) atoms. The van der Waals surface area contributed by atoms with Crippen molar-refractivity contribution in [3.63, 3.8) is 0 Å². The van der Waals surface area contributed by atoms with Crippen LogP contribution in [-0.4, -0.2) is 47.1 Å². The summed E-state index contributed by atoms with van der Waals surface area (Å²) in [5.41, 5.74) is 0.768. The number of hydrogen-bond donors (Lipinski definition) is 1. The summed E-state index contributed by atoms with van der Waals surface area (Å²) in [6, 6.07) is 15.3. The topological polar surface area (TPSA) is 83.9 Å². The summed E-state index contributed by atoms with van der Waals surface area (Å²) in [6.45, 7) is 7.95. The first-order valence-electron chi connectivity index (χ1n) is 11.3. The van der Waals surface area contributed by atoms with Gasteiger partial charge in [-0.25, -0.2) is 17.5 Å². The van der Waals surface area contributed by atoms with E-state index in [1.54, 1.807) is 10.4 Å². The average Bonchev–Trinajstić information content (AvgIpc) is 3.10. The number of carboxylic acids is 1. The van der Waals surface area contributed by atoms with E-state index in [2.05, 4.69) is 0 Å². The molecule has 0 amide bonds. The van der Waals surface area contributed by atoms with Crippen LogP contribution >= 0.6 is 11.8 Å². The molecule has 1 N–H and O–H groups in total. The normalized spacial score (nSPS) is 18.3. The van der Waals surface area contributed by atoms with Crippen LogP contribution in [-0.2, 0) is 21.2 Å². The lowest BCUT2D eigenvalue weighted by atomic mass is 10.0. The summed E-state index contributed by atoms with van der Waals surface area (Å²) in [5.74, 6) is -0.594. The molecule has 2 aromatic carbocycles. The number of nitrogens with zero attached hydrogens (tertiary/aromatic N) is 1. The van der Waals surface area contributed by atoms with Crippen molar-refractivity contribution in [1.29, 1.82) is 0 Å². The zero-order chi connectivity index (χ0) is 24.2. The highest BCUT2D eigenvalue weighted by Gasteiger charge is 2.42. The summed E-state index contributed by atoms with van der Waals surface area (Å²) in [7, 11) is -3.47. The van der Waals surface area contributed by atoms with Gasteiger partial charge in [0.25, 0.3) is 0 Å². The largest absolute Gasteiger partial charge is 0.478 e. The standard InChI is InChI=1S/C25H33NO5S2/c1-5-15-26(33(29,30)23-18(2)21-13-6-7-14-22(21)32-23)16-9-11-19-10-8-12-20(17-19)31-25(3,4)24(27)28/h6-8,10,12-14,17-18,23H,5,9,11,15-16H2,1-4H3,(H,27,28). The molecular weight excluding hydrogens is 458 g/mol. The molecule has 0 saturated heterocycles. The smallest absolute Gasteiger partial charge is 0.347 e. The molecule has 0 bridgehead atoms. The lowest BCUT2D eigenvalue weighted by Crippen LogP contribution is -2.39. The fourth-order valence-electron chi connectivity index (χ4n) is 3.98. The van der Waals surface area contributed by atoms with Gasteiger partial charge in [0.05, 0.1) is 0 Å². The third-order valence-corrected chi connectivity index (χ3v) is 10.2. The maximum Gasteiger partial charge on any atom is 0.347 e. The molecule has 3 rings (SSSR count). The van der Waals surface area contributed by atoms with Gasteiger partial charge in [-0.1, -0.05) is 44.2 Å². The molecule has 0 aromatic heterocycles. The molecule has 2 aromatic rings. The second kappa shape index (κ2) is 10.5. The molecule has 6 nitrogen and oxygen atoms in total. The van der Waals surface area contributed by atoms with Crippen molar-refractivity contribution in [2.45, 2.75) is 68.0 Å². The number of ether oxygens (including phenoxy) is 1. The highest BCUT2D eigenvalue weighted by molar-refractivity contribution is 8.13. The minimum atomic E-state index is -3.47. The van der Waals surface area contributed by atoms with Crippen LogP contribution in [0.3, 0.4) is 0 Å². The quantitative estimate of drug-likeness (QED) is 0.469. The molecular formula is C25H33NO5S2. The van der Waals surface area contributed by atoms with E-state index in [9.17, 15) is 18.3 Å². The Labute approximate surface area is 201 Å². The van der Waals surface area contributed by atoms with E-state index in [-0.39, 0.29) is 5.92 Å². The van der Waals surface area contributed by atoms with Crippen molar-refractivity contribution in [3.8, 4) is 5.75 Å². The van der Waals surface area contributed by atoms with Crippen molar-refractivity contribution >= 4 is 27.8 Å². The van der Waals surface area contributed by atoms with Crippen molar-refractivity contribution in [2.75, 3.05) is 13.1 Å². The van der Waals surface area contributed by atoms with Crippen LogP contribution in [0.1, 0.15) is 57.6 Å². The van der Waals surface area contributed by atoms with Gasteiger partial charge in [-0.2, -0.15) is 0 Å². The molecule has 2 atom stereocenters. The summed E-state index contributed by atoms with van der Waals surface area (Å²) in [5, 5.41) is 9.28. The fraction of sp³-hybridized carbons (Fsp3) is 0.480. The van der Waals surface area contributed by atoms with E-state index in [1.807, 2.05) is 56.3 Å². The number of rotatable bonds is 11. The number of hydrogen-bond acceptors (Lipinski definition) is 5. The molecule has 1 aliphatic heterocycles. The van der Waals surface area contributed by atoms with Gasteiger partial charge in [0.15, 0.2) is 5.60 Å². The highest BCUT2D eigenvalue weighted by Crippen LogP contribution is 2.48. The van der Waals surface area contributed by atoms with E-state index in [1.165, 1.54) is 25.6 Å². The van der Waals surface area contributed by atoms with Crippen LogP contribution in [0, 0.1) is 0 Å². The molecule has 0 radical (unpaired) electrons. The van der Waals surface area contributed by atoms with E-state index in [4.69, 9.17) is 4.74 Å². The van der Waals surface area contributed by atoms with Gasteiger partial charge in [-0.3, -0.25) is 0 Å². The second-order valence-electron chi connectivity index (χ2n) is 8.93. The second-order valence-corrected chi connectivity index (χ2v) is 12.5. The van der Waals surface area contributed by atoms with Crippen molar-refractivity contribution in [2.24, 2.45) is 0 Å². The lowest BCUT2D eigenvalue weighted by molar-refractivity contribution is -0.152. The molecule has 2 unspecified atom stereocenters. The summed E-state index contributed by atoms with van der Waals surface area (Å²) >= 11 is 1.45. The van der Waals surface area contributed by atoms with E-state index < -0.39 is 26.2 Å². The number of sulfonamides is 1. The van der Waals surface area contributed by atoms with Gasteiger partial charge in [0, 0.05) is 23.9 Å². The number of aliphatic carboxylic acids is 1. The molecule has 0 fully saturated rings. The predicted molar refractivity (Wildman–Crippen MR) is 132 cm³/mol. The molecule has 0 saturated carbocycles. The molecule has 8 heteroatoms. The zero-order valence-corrected chi connectivity index (χ0v) is 21.3. The van der Waals surface area contributed by atoms with Gasteiger partial charge in [0.1, 0.15) is 10.3 Å². The van der Waals surface area contributed by atoms with Crippen LogP contribution in [0.15, 0.2) is 53.4 Å². The van der Waals surface area contributed by atoms with Crippen molar-refractivity contribution in [1.82, 2.24) is 4.31 Å². The number of carbonyl (C=O) groups is 1. The fourth-order valence-corrected chi connectivity index (χ4v) is 8.07. The van der Waals surface area contributed by atoms with Crippen LogP contribution in [0.25, 0.3) is 0 Å². The van der Waals surface area contributed by atoms with Crippen LogP contribution < -0.4 is 4.74 Å². The Morgan fingerprint density at radius 1 is 1.15 bits per heavy atom. The van der Waals surface area contributed by atoms with Gasteiger partial charge in [-0.15, -0.1) is 11.8 Å². The molecule has 180 valence electrons. The number of fused-ring (bicyclic) bond motifs is 1. The highest BCUT2D eigenvalue weighted by atomic mass is 32.3. The zero-order valence-electron chi connectivity index (χ0n) is 19.7. The van der Waals surface area contributed by atoms with Gasteiger partial charge in [0.2, 0.25) is 10.0 Å². The Kier molecular flexibility index (Phi) is 8.13. The Hall–Kier alpha value is -2.03. The van der Waals surface area contributed by atoms with E-state index in [0.717, 1.165) is 22.4 Å². The van der Waals surface area contributed by atoms with Crippen LogP contribution in [0.2, 0.25) is 0 Å². The maximum absolute atomic E-state index is 13.5. The Balaban J connectivity index is 1.66.